The minimum absolute atomic E-state index is 0.530. The van der Waals surface area contributed by atoms with Crippen molar-refractivity contribution in [3.63, 3.8) is 0 Å². The molecule has 0 bridgehead atoms. The number of hydrogen-bond donors (Lipinski definition) is 0. The summed E-state index contributed by atoms with van der Waals surface area (Å²) < 4.78 is 16.8. The molecule has 2 aromatic heterocycles. The zero-order valence-electron chi connectivity index (χ0n) is 25.4. The first kappa shape index (κ1) is 27.7. The highest BCUT2D eigenvalue weighted by Crippen LogP contribution is 2.32. The smallest absolute Gasteiger partial charge is 0.341 e. The van der Waals surface area contributed by atoms with Crippen LogP contribution < -0.4 is 5.49 Å². The maximum atomic E-state index is 15.2. The van der Waals surface area contributed by atoms with Crippen molar-refractivity contribution in [2.24, 2.45) is 4.99 Å². The molecule has 2 heterocycles. The van der Waals surface area contributed by atoms with E-state index in [1.807, 2.05) is 36.4 Å². The first-order valence-corrected chi connectivity index (χ1v) is 14.5. The quantitative estimate of drug-likeness (QED) is 0.201. The fourth-order valence-corrected chi connectivity index (χ4v) is 6.62. The zero-order valence-corrected chi connectivity index (χ0v) is 25.4. The maximum absolute atomic E-state index is 15.2. The molecule has 0 spiro atoms. The van der Waals surface area contributed by atoms with Gasteiger partial charge in [0.25, 0.3) is 0 Å². The summed E-state index contributed by atoms with van der Waals surface area (Å²) in [6.07, 6.45) is 0. The number of pyridine rings is 2. The highest BCUT2D eigenvalue weighted by Gasteiger charge is 2.15. The van der Waals surface area contributed by atoms with Crippen molar-refractivity contribution in [3.8, 4) is 22.3 Å². The summed E-state index contributed by atoms with van der Waals surface area (Å²) in [6.45, 7) is 14.4. The monoisotopic (exact) mass is 551 g/mol. The van der Waals surface area contributed by atoms with Gasteiger partial charge in [0.1, 0.15) is 5.49 Å². The lowest BCUT2D eigenvalue weighted by atomic mass is 9.89. The second kappa shape index (κ2) is 10.7. The molecule has 0 atom stereocenters. The number of nitrogens with zero attached hydrogens (tertiary/aromatic N) is 3. The lowest BCUT2D eigenvalue weighted by Crippen LogP contribution is -2.30. The molecule has 6 aromatic rings. The van der Waals surface area contributed by atoms with Crippen LogP contribution in [0.4, 0.5) is 10.1 Å². The fourth-order valence-electron chi connectivity index (χ4n) is 6.62. The molecule has 0 N–H and O–H groups in total. The Labute approximate surface area is 247 Å². The predicted octanol–water partition coefficient (Wildman–Crippen LogP) is 9.54. The summed E-state index contributed by atoms with van der Waals surface area (Å²) in [4.78, 5) is 9.63. The van der Waals surface area contributed by atoms with Gasteiger partial charge in [-0.2, -0.15) is 0 Å². The first-order chi connectivity index (χ1) is 20.1. The van der Waals surface area contributed by atoms with Gasteiger partial charge in [-0.25, -0.2) is 9.98 Å². The van der Waals surface area contributed by atoms with Crippen LogP contribution >= 0.6 is 0 Å². The normalized spacial score (nSPS) is 12.0. The molecule has 0 unspecified atom stereocenters. The Morgan fingerprint density at radius 1 is 0.619 bits per heavy atom. The SMILES string of the molecule is CB(F)n1/c(=N\c2ccc3cc(-c4c(C)cc(C)cc4C)ccc3n2)ccc2cc(-c3c(C)cc(C)cc3C)ccc21. The van der Waals surface area contributed by atoms with Crippen molar-refractivity contribution in [1.82, 2.24) is 9.46 Å². The molecule has 0 saturated heterocycles. The van der Waals surface area contributed by atoms with Crippen LogP contribution in [0.5, 0.6) is 0 Å². The Kier molecular flexibility index (Phi) is 7.06. The molecule has 208 valence electrons. The topological polar surface area (TPSA) is 30.2 Å². The average Bonchev–Trinajstić information content (AvgIpc) is 2.91. The van der Waals surface area contributed by atoms with E-state index in [2.05, 4.69) is 90.1 Å². The third-order valence-corrected chi connectivity index (χ3v) is 8.14. The summed E-state index contributed by atoms with van der Waals surface area (Å²) in [5.74, 6) is 0.550. The summed E-state index contributed by atoms with van der Waals surface area (Å²) in [5, 5.41) is 2.02. The van der Waals surface area contributed by atoms with Gasteiger partial charge in [-0.1, -0.05) is 47.5 Å². The molecule has 42 heavy (non-hydrogen) atoms. The van der Waals surface area contributed by atoms with Gasteiger partial charge in [-0.05, 0) is 147 Å². The van der Waals surface area contributed by atoms with Gasteiger partial charge in [0, 0.05) is 10.9 Å². The lowest BCUT2D eigenvalue weighted by molar-refractivity contribution is 0.792. The van der Waals surface area contributed by atoms with Crippen molar-refractivity contribution in [2.45, 2.75) is 48.4 Å². The number of rotatable bonds is 4. The lowest BCUT2D eigenvalue weighted by Gasteiger charge is -2.15. The number of aromatic nitrogens is 2. The van der Waals surface area contributed by atoms with Crippen LogP contribution in [-0.4, -0.2) is 16.6 Å². The largest absolute Gasteiger partial charge is 0.463 e. The average molecular weight is 552 g/mol. The molecular weight excluding hydrogens is 516 g/mol. The summed E-state index contributed by atoms with van der Waals surface area (Å²) >= 11 is 0. The maximum Gasteiger partial charge on any atom is 0.463 e. The summed E-state index contributed by atoms with van der Waals surface area (Å²) in [5.41, 5.74) is 14.5. The molecule has 0 amide bonds. The van der Waals surface area contributed by atoms with Crippen LogP contribution in [-0.2, 0) is 0 Å². The predicted molar refractivity (Wildman–Crippen MR) is 176 cm³/mol. The van der Waals surface area contributed by atoms with E-state index >= 15 is 4.32 Å². The van der Waals surface area contributed by atoms with Gasteiger partial charge in [0.15, 0.2) is 5.82 Å². The van der Waals surface area contributed by atoms with Crippen LogP contribution in [0.1, 0.15) is 33.4 Å². The number of hydrogen-bond acceptors (Lipinski definition) is 2. The Balaban J connectivity index is 1.42. The number of benzene rings is 4. The Hall–Kier alpha value is -4.51. The summed E-state index contributed by atoms with van der Waals surface area (Å²) in [7, 11) is -1.26. The first-order valence-electron chi connectivity index (χ1n) is 14.5. The van der Waals surface area contributed by atoms with Crippen molar-refractivity contribution >= 4 is 34.7 Å². The Bertz CT molecular complexity index is 2040. The third-order valence-electron chi connectivity index (χ3n) is 8.14. The number of halogens is 1. The van der Waals surface area contributed by atoms with Crippen molar-refractivity contribution in [1.29, 1.82) is 0 Å². The fraction of sp³-hybridized carbons (Fsp3) is 0.189. The zero-order chi connectivity index (χ0) is 29.7. The minimum atomic E-state index is -1.26. The van der Waals surface area contributed by atoms with Crippen molar-refractivity contribution in [3.05, 3.63) is 124 Å². The molecule has 5 heteroatoms. The minimum Gasteiger partial charge on any atom is -0.341 e. The third kappa shape index (κ3) is 5.05. The molecule has 0 radical (unpaired) electrons. The number of fused-ring (bicyclic) bond motifs is 2. The molecular formula is C37H35BFN3. The van der Waals surface area contributed by atoms with Gasteiger partial charge < -0.3 is 8.79 Å². The van der Waals surface area contributed by atoms with Crippen molar-refractivity contribution < 1.29 is 4.32 Å². The van der Waals surface area contributed by atoms with Crippen LogP contribution in [0.2, 0.25) is 6.82 Å². The van der Waals surface area contributed by atoms with Crippen LogP contribution in [0.25, 0.3) is 44.1 Å². The van der Waals surface area contributed by atoms with Gasteiger partial charge >= 0.3 is 7.12 Å². The number of aryl methyl sites for hydroxylation is 6. The van der Waals surface area contributed by atoms with E-state index in [1.54, 1.807) is 11.3 Å². The second-order valence-corrected chi connectivity index (χ2v) is 11.6. The molecule has 0 fully saturated rings. The highest BCUT2D eigenvalue weighted by molar-refractivity contribution is 6.48. The Morgan fingerprint density at radius 3 is 1.71 bits per heavy atom. The van der Waals surface area contributed by atoms with E-state index in [0.717, 1.165) is 27.4 Å². The molecule has 0 aliphatic rings. The van der Waals surface area contributed by atoms with Gasteiger partial charge in [0.2, 0.25) is 0 Å². The molecule has 4 aromatic carbocycles. The van der Waals surface area contributed by atoms with E-state index in [0.29, 0.717) is 11.3 Å². The van der Waals surface area contributed by atoms with Gasteiger partial charge in [-0.3, -0.25) is 0 Å². The molecule has 6 rings (SSSR count). The second-order valence-electron chi connectivity index (χ2n) is 11.6. The van der Waals surface area contributed by atoms with E-state index in [9.17, 15) is 0 Å². The molecule has 0 saturated carbocycles. The van der Waals surface area contributed by atoms with E-state index in [4.69, 9.17) is 9.98 Å². The molecule has 3 nitrogen and oxygen atoms in total. The molecule has 0 aliphatic carbocycles. The van der Waals surface area contributed by atoms with E-state index < -0.39 is 7.12 Å². The highest BCUT2D eigenvalue weighted by atomic mass is 19.1. The van der Waals surface area contributed by atoms with Gasteiger partial charge in [-0.15, -0.1) is 0 Å². The van der Waals surface area contributed by atoms with Crippen LogP contribution in [0, 0.1) is 41.5 Å². The van der Waals surface area contributed by atoms with E-state index in [-0.39, 0.29) is 0 Å². The summed E-state index contributed by atoms with van der Waals surface area (Å²) in [6, 6.07) is 29.3. The Morgan fingerprint density at radius 2 is 1.14 bits per heavy atom. The molecule has 0 aliphatic heterocycles. The van der Waals surface area contributed by atoms with Crippen LogP contribution in [0.15, 0.2) is 89.9 Å². The van der Waals surface area contributed by atoms with Crippen molar-refractivity contribution in [2.75, 3.05) is 0 Å². The van der Waals surface area contributed by atoms with Crippen LogP contribution in [0.3, 0.4) is 0 Å². The standard InChI is InChI=1S/C37H35BFN3/c1-22-16-24(3)36(25(4)17-22)30-8-12-32-28(20-30)10-14-34(40-32)41-35-15-11-29-21-31(9-13-33(29)42(35)38(7)39)37-26(5)18-23(2)19-27(37)6/h8-21H,1-7H3/b41-35-. The van der Waals surface area contributed by atoms with Gasteiger partial charge in [0.05, 0.1) is 5.52 Å². The van der Waals surface area contributed by atoms with E-state index in [1.165, 1.54) is 50.1 Å².